The molecule has 1 aromatic carbocycles. The topological polar surface area (TPSA) is 94.0 Å². The lowest BCUT2D eigenvalue weighted by atomic mass is 10.00. The first kappa shape index (κ1) is 13.8. The average molecular weight is 286 g/mol. The maximum absolute atomic E-state index is 12.0. The molecule has 0 radical (unpaired) electrons. The van der Waals surface area contributed by atoms with Crippen molar-refractivity contribution < 1.29 is 9.32 Å². The number of nitrogens with zero attached hydrogens (tertiary/aromatic N) is 2. The van der Waals surface area contributed by atoms with Crippen LogP contribution in [0.15, 0.2) is 35.2 Å². The second kappa shape index (κ2) is 6.05. The van der Waals surface area contributed by atoms with E-state index in [1.54, 1.807) is 0 Å². The van der Waals surface area contributed by atoms with E-state index < -0.39 is 0 Å². The zero-order chi connectivity index (χ0) is 14.7. The Morgan fingerprint density at radius 1 is 1.33 bits per heavy atom. The number of hydrogen-bond acceptors (Lipinski definition) is 5. The molecule has 0 unspecified atom stereocenters. The minimum atomic E-state index is 0.0182. The van der Waals surface area contributed by atoms with Crippen LogP contribution in [0.3, 0.4) is 0 Å². The molecule has 1 aromatic heterocycles. The predicted molar refractivity (Wildman–Crippen MR) is 78.3 cm³/mol. The van der Waals surface area contributed by atoms with Crippen LogP contribution in [-0.2, 0) is 4.79 Å². The first-order chi connectivity index (χ1) is 10.2. The van der Waals surface area contributed by atoms with Gasteiger partial charge in [0.25, 0.3) is 0 Å². The Morgan fingerprint density at radius 3 is 2.76 bits per heavy atom. The molecule has 6 heteroatoms. The fourth-order valence-electron chi connectivity index (χ4n) is 2.77. The molecule has 0 spiro atoms. The third-order valence-electron chi connectivity index (χ3n) is 3.95. The summed E-state index contributed by atoms with van der Waals surface area (Å²) < 4.78 is 4.71. The Kier molecular flexibility index (Phi) is 3.96. The van der Waals surface area contributed by atoms with Crippen molar-refractivity contribution in [3.05, 3.63) is 30.7 Å². The Hall–Kier alpha value is -2.21. The maximum Gasteiger partial charge on any atom is 0.224 e. The lowest BCUT2D eigenvalue weighted by Gasteiger charge is -2.14. The van der Waals surface area contributed by atoms with Gasteiger partial charge in [0.1, 0.15) is 0 Å². The third kappa shape index (κ3) is 3.28. The van der Waals surface area contributed by atoms with Crippen LogP contribution in [0.5, 0.6) is 0 Å². The van der Waals surface area contributed by atoms with Crippen LogP contribution in [0, 0.1) is 5.92 Å². The van der Waals surface area contributed by atoms with Crippen LogP contribution in [0.2, 0.25) is 0 Å². The maximum atomic E-state index is 12.0. The number of nitrogens with one attached hydrogen (secondary N) is 1. The van der Waals surface area contributed by atoms with E-state index in [0.717, 1.165) is 30.5 Å². The SMILES string of the molecule is N[C@@H]1CCC[C@H]1CC(=O)Nc1ccc(-c2ncon2)cc1. The van der Waals surface area contributed by atoms with Gasteiger partial charge in [-0.2, -0.15) is 4.98 Å². The number of anilines is 1. The van der Waals surface area contributed by atoms with E-state index in [1.807, 2.05) is 24.3 Å². The molecule has 3 N–H and O–H groups in total. The predicted octanol–water partition coefficient (Wildman–Crippen LogP) is 2.19. The number of hydrogen-bond donors (Lipinski definition) is 2. The van der Waals surface area contributed by atoms with Gasteiger partial charge in [-0.05, 0) is 43.0 Å². The quantitative estimate of drug-likeness (QED) is 0.898. The van der Waals surface area contributed by atoms with Crippen LogP contribution in [0.25, 0.3) is 11.4 Å². The number of carbonyl (C=O) groups excluding carboxylic acids is 1. The van der Waals surface area contributed by atoms with Gasteiger partial charge in [-0.25, -0.2) is 0 Å². The molecule has 0 bridgehead atoms. The van der Waals surface area contributed by atoms with Crippen molar-refractivity contribution in [2.24, 2.45) is 11.7 Å². The number of nitrogens with two attached hydrogens (primary N) is 1. The molecule has 0 saturated heterocycles. The van der Waals surface area contributed by atoms with E-state index in [-0.39, 0.29) is 11.9 Å². The number of amides is 1. The van der Waals surface area contributed by atoms with Crippen molar-refractivity contribution >= 4 is 11.6 Å². The largest absolute Gasteiger partial charge is 0.342 e. The van der Waals surface area contributed by atoms with Crippen molar-refractivity contribution in [2.75, 3.05) is 5.32 Å². The molecule has 0 aliphatic heterocycles. The van der Waals surface area contributed by atoms with Gasteiger partial charge >= 0.3 is 0 Å². The molecular weight excluding hydrogens is 268 g/mol. The van der Waals surface area contributed by atoms with Gasteiger partial charge in [-0.1, -0.05) is 11.6 Å². The summed E-state index contributed by atoms with van der Waals surface area (Å²) in [7, 11) is 0. The second-order valence-corrected chi connectivity index (χ2v) is 5.44. The molecule has 2 atom stereocenters. The fourth-order valence-corrected chi connectivity index (χ4v) is 2.77. The summed E-state index contributed by atoms with van der Waals surface area (Å²) in [5.74, 6) is 0.859. The van der Waals surface area contributed by atoms with Crippen molar-refractivity contribution in [1.82, 2.24) is 10.1 Å². The van der Waals surface area contributed by atoms with Crippen molar-refractivity contribution in [1.29, 1.82) is 0 Å². The minimum absolute atomic E-state index is 0.0182. The molecule has 1 heterocycles. The molecule has 2 aromatic rings. The van der Waals surface area contributed by atoms with Gasteiger partial charge in [0.2, 0.25) is 18.1 Å². The van der Waals surface area contributed by atoms with Gasteiger partial charge < -0.3 is 15.6 Å². The number of rotatable bonds is 4. The Balaban J connectivity index is 1.58. The summed E-state index contributed by atoms with van der Waals surface area (Å²) in [6.07, 6.45) is 4.98. The lowest BCUT2D eigenvalue weighted by molar-refractivity contribution is -0.117. The molecular formula is C15H18N4O2. The van der Waals surface area contributed by atoms with Crippen molar-refractivity contribution in [3.63, 3.8) is 0 Å². The van der Waals surface area contributed by atoms with Gasteiger partial charge in [-0.15, -0.1) is 0 Å². The number of aromatic nitrogens is 2. The minimum Gasteiger partial charge on any atom is -0.342 e. The third-order valence-corrected chi connectivity index (χ3v) is 3.95. The van der Waals surface area contributed by atoms with Gasteiger partial charge in [0, 0.05) is 23.7 Å². The highest BCUT2D eigenvalue weighted by Gasteiger charge is 2.25. The summed E-state index contributed by atoms with van der Waals surface area (Å²) >= 11 is 0. The summed E-state index contributed by atoms with van der Waals surface area (Å²) in [4.78, 5) is 16.0. The van der Waals surface area contributed by atoms with Gasteiger partial charge in [-0.3, -0.25) is 4.79 Å². The summed E-state index contributed by atoms with van der Waals surface area (Å²) in [5, 5.41) is 6.67. The molecule has 1 saturated carbocycles. The lowest BCUT2D eigenvalue weighted by Crippen LogP contribution is -2.28. The standard InChI is InChI=1S/C15H18N4O2/c16-13-3-1-2-11(13)8-14(20)18-12-6-4-10(5-7-12)15-17-9-21-19-15/h4-7,9,11,13H,1-3,8,16H2,(H,18,20)/t11-,13+/m0/s1. The summed E-state index contributed by atoms with van der Waals surface area (Å²) in [6, 6.07) is 7.52. The fraction of sp³-hybridized carbons (Fsp3) is 0.400. The van der Waals surface area contributed by atoms with Crippen LogP contribution in [0.1, 0.15) is 25.7 Å². The highest BCUT2D eigenvalue weighted by atomic mass is 16.5. The molecule has 21 heavy (non-hydrogen) atoms. The first-order valence-electron chi connectivity index (χ1n) is 7.14. The van der Waals surface area contributed by atoms with Crippen LogP contribution in [-0.4, -0.2) is 22.1 Å². The molecule has 1 aliphatic rings. The van der Waals surface area contributed by atoms with E-state index in [9.17, 15) is 4.79 Å². The van der Waals surface area contributed by atoms with E-state index in [4.69, 9.17) is 10.3 Å². The molecule has 1 fully saturated rings. The van der Waals surface area contributed by atoms with E-state index in [2.05, 4.69) is 15.5 Å². The number of carbonyl (C=O) groups is 1. The van der Waals surface area contributed by atoms with Crippen LogP contribution >= 0.6 is 0 Å². The number of benzene rings is 1. The molecule has 110 valence electrons. The monoisotopic (exact) mass is 286 g/mol. The Bertz CT molecular complexity index is 595. The zero-order valence-electron chi connectivity index (χ0n) is 11.7. The Morgan fingerprint density at radius 2 is 2.14 bits per heavy atom. The van der Waals surface area contributed by atoms with E-state index in [0.29, 0.717) is 18.2 Å². The zero-order valence-corrected chi connectivity index (χ0v) is 11.7. The molecule has 3 rings (SSSR count). The normalized spacial score (nSPS) is 21.4. The van der Waals surface area contributed by atoms with Gasteiger partial charge in [0.15, 0.2) is 0 Å². The smallest absolute Gasteiger partial charge is 0.224 e. The van der Waals surface area contributed by atoms with Crippen molar-refractivity contribution in [2.45, 2.75) is 31.7 Å². The average Bonchev–Trinajstić information content (AvgIpc) is 3.12. The summed E-state index contributed by atoms with van der Waals surface area (Å²) in [5.41, 5.74) is 7.60. The highest BCUT2D eigenvalue weighted by Crippen LogP contribution is 2.27. The van der Waals surface area contributed by atoms with Crippen molar-refractivity contribution in [3.8, 4) is 11.4 Å². The highest BCUT2D eigenvalue weighted by molar-refractivity contribution is 5.91. The van der Waals surface area contributed by atoms with E-state index >= 15 is 0 Å². The molecule has 1 amide bonds. The summed E-state index contributed by atoms with van der Waals surface area (Å²) in [6.45, 7) is 0. The van der Waals surface area contributed by atoms with E-state index in [1.165, 1.54) is 6.39 Å². The Labute approximate surface area is 122 Å². The molecule has 6 nitrogen and oxygen atoms in total. The van der Waals surface area contributed by atoms with Crippen LogP contribution < -0.4 is 11.1 Å². The van der Waals surface area contributed by atoms with Gasteiger partial charge in [0.05, 0.1) is 0 Å². The first-order valence-corrected chi connectivity index (χ1v) is 7.14. The molecule has 1 aliphatic carbocycles. The second-order valence-electron chi connectivity index (χ2n) is 5.44. The van der Waals surface area contributed by atoms with Crippen LogP contribution in [0.4, 0.5) is 5.69 Å².